The molecular formula is C14H11ClN2S. The number of rotatable bonds is 1. The Morgan fingerprint density at radius 3 is 2.83 bits per heavy atom. The van der Waals surface area contributed by atoms with Crippen LogP contribution in [0.3, 0.4) is 0 Å². The molecule has 0 amide bonds. The molecule has 1 heterocycles. The van der Waals surface area contributed by atoms with Gasteiger partial charge >= 0.3 is 0 Å². The van der Waals surface area contributed by atoms with Gasteiger partial charge in [0.2, 0.25) is 0 Å². The lowest BCUT2D eigenvalue weighted by Gasteiger charge is -2.01. The lowest BCUT2D eigenvalue weighted by Crippen LogP contribution is -1.86. The molecule has 3 aromatic rings. The first kappa shape index (κ1) is 11.5. The third kappa shape index (κ3) is 1.96. The van der Waals surface area contributed by atoms with Gasteiger partial charge in [0.15, 0.2) is 0 Å². The topological polar surface area (TPSA) is 38.9 Å². The lowest BCUT2D eigenvalue weighted by atomic mass is 10.2. The van der Waals surface area contributed by atoms with Crippen LogP contribution in [0.1, 0.15) is 5.56 Å². The van der Waals surface area contributed by atoms with Gasteiger partial charge in [0, 0.05) is 11.3 Å². The van der Waals surface area contributed by atoms with E-state index in [2.05, 4.69) is 30.1 Å². The summed E-state index contributed by atoms with van der Waals surface area (Å²) in [6.07, 6.45) is 0. The molecule has 18 heavy (non-hydrogen) atoms. The summed E-state index contributed by atoms with van der Waals surface area (Å²) in [7, 11) is 0. The van der Waals surface area contributed by atoms with Crippen LogP contribution in [0.5, 0.6) is 0 Å². The Labute approximate surface area is 114 Å². The highest BCUT2D eigenvalue weighted by Crippen LogP contribution is 2.35. The molecule has 0 saturated carbocycles. The summed E-state index contributed by atoms with van der Waals surface area (Å²) in [4.78, 5) is 4.62. The molecule has 0 atom stereocenters. The highest BCUT2D eigenvalue weighted by molar-refractivity contribution is 7.21. The molecule has 2 aromatic carbocycles. The standard InChI is InChI=1S/C14H11ClN2S/c1-8-2-5-13-12(6-8)17-14(18-13)10-7-9(16)3-4-11(10)15/h2-7H,16H2,1H3. The van der Waals surface area contributed by atoms with Gasteiger partial charge in [-0.1, -0.05) is 17.7 Å². The van der Waals surface area contributed by atoms with E-state index in [4.69, 9.17) is 17.3 Å². The molecule has 2 nitrogen and oxygen atoms in total. The number of aryl methyl sites for hydroxylation is 1. The van der Waals surface area contributed by atoms with Crippen LogP contribution in [0, 0.1) is 6.92 Å². The third-order valence-corrected chi connectivity index (χ3v) is 4.16. The lowest BCUT2D eigenvalue weighted by molar-refractivity contribution is 1.44. The molecular weight excluding hydrogens is 264 g/mol. The second-order valence-electron chi connectivity index (χ2n) is 4.23. The molecule has 90 valence electrons. The summed E-state index contributed by atoms with van der Waals surface area (Å²) in [6, 6.07) is 11.7. The maximum Gasteiger partial charge on any atom is 0.126 e. The van der Waals surface area contributed by atoms with Crippen molar-refractivity contribution in [3.05, 3.63) is 47.0 Å². The average molecular weight is 275 g/mol. The molecule has 2 N–H and O–H groups in total. The number of nitrogen functional groups attached to an aromatic ring is 1. The largest absolute Gasteiger partial charge is 0.399 e. The van der Waals surface area contributed by atoms with Crippen LogP contribution in [0.15, 0.2) is 36.4 Å². The van der Waals surface area contributed by atoms with Crippen LogP contribution < -0.4 is 5.73 Å². The van der Waals surface area contributed by atoms with Gasteiger partial charge in [-0.15, -0.1) is 11.3 Å². The number of benzene rings is 2. The summed E-state index contributed by atoms with van der Waals surface area (Å²) in [5, 5.41) is 1.59. The number of thiazole rings is 1. The molecule has 0 spiro atoms. The van der Waals surface area contributed by atoms with Crippen molar-refractivity contribution in [3.8, 4) is 10.6 Å². The van der Waals surface area contributed by atoms with E-state index in [0.29, 0.717) is 10.7 Å². The number of hydrogen-bond acceptors (Lipinski definition) is 3. The minimum atomic E-state index is 0.681. The van der Waals surface area contributed by atoms with E-state index in [9.17, 15) is 0 Å². The second kappa shape index (κ2) is 4.26. The minimum absolute atomic E-state index is 0.681. The SMILES string of the molecule is Cc1ccc2sc(-c3cc(N)ccc3Cl)nc2c1. The Morgan fingerprint density at radius 1 is 1.17 bits per heavy atom. The van der Waals surface area contributed by atoms with Gasteiger partial charge in [0.05, 0.1) is 15.2 Å². The van der Waals surface area contributed by atoms with Crippen LogP contribution in [0.4, 0.5) is 5.69 Å². The van der Waals surface area contributed by atoms with Crippen LogP contribution in [-0.4, -0.2) is 4.98 Å². The van der Waals surface area contributed by atoms with Crippen LogP contribution in [0.25, 0.3) is 20.8 Å². The van der Waals surface area contributed by atoms with Crippen molar-refractivity contribution < 1.29 is 0 Å². The maximum absolute atomic E-state index is 6.20. The third-order valence-electron chi connectivity index (χ3n) is 2.76. The van der Waals surface area contributed by atoms with Crippen molar-refractivity contribution in [3.63, 3.8) is 0 Å². The van der Waals surface area contributed by atoms with Gasteiger partial charge < -0.3 is 5.73 Å². The number of nitrogens with two attached hydrogens (primary N) is 1. The van der Waals surface area contributed by atoms with E-state index in [1.807, 2.05) is 12.1 Å². The Balaban J connectivity index is 2.22. The Kier molecular flexibility index (Phi) is 2.73. The maximum atomic E-state index is 6.20. The first-order chi connectivity index (χ1) is 8.63. The number of nitrogens with zero attached hydrogens (tertiary/aromatic N) is 1. The zero-order chi connectivity index (χ0) is 12.7. The number of anilines is 1. The van der Waals surface area contributed by atoms with Gasteiger partial charge in [-0.05, 0) is 42.8 Å². The Morgan fingerprint density at radius 2 is 2.00 bits per heavy atom. The van der Waals surface area contributed by atoms with Crippen molar-refractivity contribution in [2.45, 2.75) is 6.92 Å². The summed E-state index contributed by atoms with van der Waals surface area (Å²) in [5.74, 6) is 0. The normalized spacial score (nSPS) is 11.0. The van der Waals surface area contributed by atoms with E-state index in [1.54, 1.807) is 17.4 Å². The first-order valence-electron chi connectivity index (χ1n) is 5.56. The van der Waals surface area contributed by atoms with Gasteiger partial charge in [0.1, 0.15) is 5.01 Å². The zero-order valence-electron chi connectivity index (χ0n) is 9.77. The van der Waals surface area contributed by atoms with Crippen molar-refractivity contribution in [1.29, 1.82) is 0 Å². The number of fused-ring (bicyclic) bond motifs is 1. The monoisotopic (exact) mass is 274 g/mol. The first-order valence-corrected chi connectivity index (χ1v) is 6.75. The second-order valence-corrected chi connectivity index (χ2v) is 5.67. The minimum Gasteiger partial charge on any atom is -0.399 e. The summed E-state index contributed by atoms with van der Waals surface area (Å²) in [5.41, 5.74) is 9.61. The van der Waals surface area contributed by atoms with E-state index >= 15 is 0 Å². The summed E-state index contributed by atoms with van der Waals surface area (Å²) in [6.45, 7) is 2.06. The predicted octanol–water partition coefficient (Wildman–Crippen LogP) is 4.51. The van der Waals surface area contributed by atoms with Crippen LogP contribution >= 0.6 is 22.9 Å². The average Bonchev–Trinajstić information content (AvgIpc) is 2.74. The van der Waals surface area contributed by atoms with E-state index < -0.39 is 0 Å². The molecule has 0 aliphatic carbocycles. The quantitative estimate of drug-likeness (QED) is 0.663. The smallest absolute Gasteiger partial charge is 0.126 e. The molecule has 1 aromatic heterocycles. The fourth-order valence-electron chi connectivity index (χ4n) is 1.86. The number of hydrogen-bond donors (Lipinski definition) is 1. The molecule has 0 unspecified atom stereocenters. The predicted molar refractivity (Wildman–Crippen MR) is 79.2 cm³/mol. The van der Waals surface area contributed by atoms with Gasteiger partial charge in [0.25, 0.3) is 0 Å². The van der Waals surface area contributed by atoms with Gasteiger partial charge in [-0.2, -0.15) is 0 Å². The number of aromatic nitrogens is 1. The van der Waals surface area contributed by atoms with Crippen LogP contribution in [-0.2, 0) is 0 Å². The molecule has 0 saturated heterocycles. The molecule has 0 aliphatic heterocycles. The van der Waals surface area contributed by atoms with Gasteiger partial charge in [-0.3, -0.25) is 0 Å². The Hall–Kier alpha value is -1.58. The highest BCUT2D eigenvalue weighted by Gasteiger charge is 2.10. The van der Waals surface area contributed by atoms with Crippen molar-refractivity contribution in [2.75, 3.05) is 5.73 Å². The Bertz CT molecular complexity index is 734. The number of halogens is 1. The fourth-order valence-corrected chi connectivity index (χ4v) is 3.10. The van der Waals surface area contributed by atoms with Gasteiger partial charge in [-0.25, -0.2) is 4.98 Å². The van der Waals surface area contributed by atoms with Crippen molar-refractivity contribution in [1.82, 2.24) is 4.98 Å². The summed E-state index contributed by atoms with van der Waals surface area (Å²) >= 11 is 7.83. The molecule has 0 bridgehead atoms. The molecule has 0 aliphatic rings. The summed E-state index contributed by atoms with van der Waals surface area (Å²) < 4.78 is 1.16. The molecule has 0 fully saturated rings. The van der Waals surface area contributed by atoms with E-state index in [-0.39, 0.29) is 0 Å². The zero-order valence-corrected chi connectivity index (χ0v) is 11.3. The van der Waals surface area contributed by atoms with Crippen molar-refractivity contribution in [2.24, 2.45) is 0 Å². The van der Waals surface area contributed by atoms with E-state index in [1.165, 1.54) is 5.56 Å². The molecule has 4 heteroatoms. The fraction of sp³-hybridized carbons (Fsp3) is 0.0714. The van der Waals surface area contributed by atoms with Crippen molar-refractivity contribution >= 4 is 38.8 Å². The van der Waals surface area contributed by atoms with Crippen LogP contribution in [0.2, 0.25) is 5.02 Å². The highest BCUT2D eigenvalue weighted by atomic mass is 35.5. The molecule has 3 rings (SSSR count). The molecule has 0 radical (unpaired) electrons. The van der Waals surface area contributed by atoms with E-state index in [0.717, 1.165) is 20.8 Å².